The van der Waals surface area contributed by atoms with E-state index in [-0.39, 0.29) is 11.1 Å². The Labute approximate surface area is 92.5 Å². The minimum Gasteiger partial charge on any atom is -0.0617 e. The van der Waals surface area contributed by atoms with Gasteiger partial charge in [0.1, 0.15) is 0 Å². The molecule has 0 aromatic heterocycles. The third-order valence-corrected chi connectivity index (χ3v) is 1.74. The average molecular weight is 174 g/mol. The molecule has 0 N–H and O–H groups in total. The Balaban J connectivity index is 4.04. The van der Waals surface area contributed by atoms with Gasteiger partial charge in [0, 0.05) is 16.4 Å². The Morgan fingerprint density at radius 3 is 2.58 bits per heavy atom. The predicted molar refractivity (Wildman–Crippen MR) is 54.6 cm³/mol. The number of benzene rings is 1. The molecule has 0 unspecified atom stereocenters. The van der Waals surface area contributed by atoms with Crippen molar-refractivity contribution in [1.29, 1.82) is 0 Å². The van der Waals surface area contributed by atoms with Gasteiger partial charge in [-0.1, -0.05) is 38.8 Å². The molecule has 0 amide bonds. The van der Waals surface area contributed by atoms with Gasteiger partial charge in [0.25, 0.3) is 0 Å². The SMILES string of the molecule is [2H]C([2H])([2H])c1cccc(C(C([2H])([2H])[2H])(C([2H])([2H])[2H])C([2H])([2H])[2H])c1C. The lowest BCUT2D eigenvalue weighted by atomic mass is 9.83. The van der Waals surface area contributed by atoms with Gasteiger partial charge < -0.3 is 0 Å². The van der Waals surface area contributed by atoms with E-state index in [4.69, 9.17) is 16.4 Å². The fraction of sp³-hybridized carbons (Fsp3) is 0.500. The van der Waals surface area contributed by atoms with Crippen LogP contribution < -0.4 is 0 Å². The molecule has 0 spiro atoms. The zero-order chi connectivity index (χ0) is 19.4. The molecule has 0 saturated heterocycles. The van der Waals surface area contributed by atoms with Crippen molar-refractivity contribution in [1.82, 2.24) is 0 Å². The highest BCUT2D eigenvalue weighted by Crippen LogP contribution is 2.26. The molecule has 0 saturated carbocycles. The van der Waals surface area contributed by atoms with Crippen LogP contribution in [0, 0.1) is 13.8 Å². The number of rotatable bonds is 0. The Bertz CT molecular complexity index is 562. The van der Waals surface area contributed by atoms with Crippen molar-refractivity contribution in [2.75, 3.05) is 0 Å². The van der Waals surface area contributed by atoms with Gasteiger partial charge >= 0.3 is 0 Å². The van der Waals surface area contributed by atoms with Crippen LogP contribution in [0.4, 0.5) is 0 Å². The summed E-state index contributed by atoms with van der Waals surface area (Å²) >= 11 is 0. The summed E-state index contributed by atoms with van der Waals surface area (Å²) in [6.45, 7) is -11.6. The van der Waals surface area contributed by atoms with Gasteiger partial charge in [0.05, 0.1) is 0 Å². The van der Waals surface area contributed by atoms with Crippen LogP contribution in [-0.4, -0.2) is 0 Å². The second-order valence-corrected chi connectivity index (χ2v) is 2.73. The zero-order valence-electron chi connectivity index (χ0n) is 18.7. The molecule has 1 rings (SSSR count). The summed E-state index contributed by atoms with van der Waals surface area (Å²) in [6.07, 6.45) is 0. The van der Waals surface area contributed by atoms with Gasteiger partial charge in [-0.15, -0.1) is 0 Å². The highest BCUT2D eigenvalue weighted by Gasteiger charge is 2.15. The molecule has 0 heterocycles. The third kappa shape index (κ3) is 1.69. The minimum atomic E-state index is -3.42. The van der Waals surface area contributed by atoms with E-state index in [0.29, 0.717) is 0 Å². The molecular weight excluding hydrogens is 144 g/mol. The average Bonchev–Trinajstić information content (AvgIpc) is 2.24. The maximum atomic E-state index is 7.68. The van der Waals surface area contributed by atoms with Gasteiger partial charge in [-0.25, -0.2) is 0 Å². The van der Waals surface area contributed by atoms with E-state index in [9.17, 15) is 0 Å². The standard InChI is InChI=1S/C12H18/c1-9-7-6-8-11(10(9)2)12(3,4)5/h6-8H,1-5H3/i1D3,3D3,4D3,5D3. The molecule has 66 valence electrons. The van der Waals surface area contributed by atoms with Crippen LogP contribution in [0.1, 0.15) is 53.7 Å². The Kier molecular flexibility index (Phi) is 0.531. The molecule has 0 aliphatic heterocycles. The largest absolute Gasteiger partial charge is 0.0617 e. The van der Waals surface area contributed by atoms with E-state index >= 15 is 0 Å². The van der Waals surface area contributed by atoms with Gasteiger partial charge in [-0.3, -0.25) is 0 Å². The highest BCUT2D eigenvalue weighted by atomic mass is 14.2. The van der Waals surface area contributed by atoms with Crippen LogP contribution in [0.3, 0.4) is 0 Å². The summed E-state index contributed by atoms with van der Waals surface area (Å²) in [7, 11) is 0. The number of hydrogen-bond acceptors (Lipinski definition) is 0. The van der Waals surface area contributed by atoms with E-state index in [2.05, 4.69) is 0 Å². The summed E-state index contributed by atoms with van der Waals surface area (Å²) in [5.41, 5.74) is -4.16. The Morgan fingerprint density at radius 2 is 2.00 bits per heavy atom. The molecule has 0 aliphatic carbocycles. The van der Waals surface area contributed by atoms with Crippen molar-refractivity contribution in [3.63, 3.8) is 0 Å². The predicted octanol–water partition coefficient (Wildman–Crippen LogP) is 3.60. The lowest BCUT2D eigenvalue weighted by Crippen LogP contribution is -2.13. The van der Waals surface area contributed by atoms with E-state index < -0.39 is 38.4 Å². The molecule has 0 atom stereocenters. The van der Waals surface area contributed by atoms with Crippen LogP contribution in [0.15, 0.2) is 18.2 Å². The molecule has 0 heteroatoms. The van der Waals surface area contributed by atoms with Gasteiger partial charge in [-0.2, -0.15) is 0 Å². The van der Waals surface area contributed by atoms with Crippen LogP contribution in [-0.2, 0) is 5.41 Å². The first-order valence-corrected chi connectivity index (χ1v) is 3.49. The van der Waals surface area contributed by atoms with Crippen molar-refractivity contribution < 1.29 is 16.4 Å². The van der Waals surface area contributed by atoms with Gasteiger partial charge in [0.15, 0.2) is 0 Å². The molecule has 0 nitrogen and oxygen atoms in total. The maximum absolute atomic E-state index is 7.68. The summed E-state index contributed by atoms with van der Waals surface area (Å²) < 4.78 is 91.6. The van der Waals surface area contributed by atoms with Crippen LogP contribution in [0.5, 0.6) is 0 Å². The van der Waals surface area contributed by atoms with E-state index in [1.54, 1.807) is 0 Å². The van der Waals surface area contributed by atoms with Crippen LogP contribution in [0.25, 0.3) is 0 Å². The third-order valence-electron chi connectivity index (χ3n) is 1.74. The fourth-order valence-corrected chi connectivity index (χ4v) is 1.04. The first-order valence-electron chi connectivity index (χ1n) is 9.49. The minimum absolute atomic E-state index is 0.166. The molecular formula is C12H18. The monoisotopic (exact) mass is 174 g/mol. The summed E-state index contributed by atoms with van der Waals surface area (Å²) in [5, 5.41) is 0. The zero-order valence-corrected chi connectivity index (χ0v) is 6.73. The van der Waals surface area contributed by atoms with Crippen LogP contribution >= 0.6 is 0 Å². The van der Waals surface area contributed by atoms with Crippen molar-refractivity contribution >= 4 is 0 Å². The second-order valence-electron chi connectivity index (χ2n) is 2.73. The Morgan fingerprint density at radius 1 is 1.25 bits per heavy atom. The highest BCUT2D eigenvalue weighted by molar-refractivity contribution is 5.37. The van der Waals surface area contributed by atoms with Crippen molar-refractivity contribution in [2.24, 2.45) is 0 Å². The maximum Gasteiger partial charge on any atom is 0.0280 e. The molecule has 12 heavy (non-hydrogen) atoms. The van der Waals surface area contributed by atoms with E-state index in [1.165, 1.54) is 19.1 Å². The molecule has 1 aromatic rings. The smallest absolute Gasteiger partial charge is 0.0280 e. The summed E-state index contributed by atoms with van der Waals surface area (Å²) in [5.74, 6) is 0. The first kappa shape index (κ1) is 2.17. The topological polar surface area (TPSA) is 0 Å². The van der Waals surface area contributed by atoms with Crippen molar-refractivity contribution in [3.05, 3.63) is 34.9 Å². The lowest BCUT2D eigenvalue weighted by molar-refractivity contribution is 0.585. The Hall–Kier alpha value is -0.780. The molecule has 0 radical (unpaired) electrons. The number of hydrogen-bond donors (Lipinski definition) is 0. The van der Waals surface area contributed by atoms with Gasteiger partial charge in [-0.05, 0) is 35.9 Å². The van der Waals surface area contributed by atoms with E-state index in [0.717, 1.165) is 6.07 Å². The quantitative estimate of drug-likeness (QED) is 0.564. The normalized spacial score (nSPS) is 30.8. The number of aryl methyl sites for hydroxylation is 1. The first-order chi connectivity index (χ1) is 10.4. The van der Waals surface area contributed by atoms with Crippen molar-refractivity contribution in [2.45, 2.75) is 39.7 Å². The van der Waals surface area contributed by atoms with Crippen LogP contribution in [0.2, 0.25) is 0 Å². The fourth-order valence-electron chi connectivity index (χ4n) is 1.04. The van der Waals surface area contributed by atoms with E-state index in [1.807, 2.05) is 0 Å². The summed E-state index contributed by atoms with van der Waals surface area (Å²) in [4.78, 5) is 0. The molecule has 0 bridgehead atoms. The molecule has 0 fully saturated rings. The van der Waals surface area contributed by atoms with Gasteiger partial charge in [0.2, 0.25) is 0 Å². The molecule has 1 aromatic carbocycles. The lowest BCUT2D eigenvalue weighted by Gasteiger charge is -2.22. The second kappa shape index (κ2) is 2.93. The van der Waals surface area contributed by atoms with Crippen molar-refractivity contribution in [3.8, 4) is 0 Å². The summed E-state index contributed by atoms with van der Waals surface area (Å²) in [6, 6.07) is 3.44. The molecule has 0 aliphatic rings.